The van der Waals surface area contributed by atoms with Crippen molar-refractivity contribution in [1.82, 2.24) is 15.1 Å². The van der Waals surface area contributed by atoms with Crippen molar-refractivity contribution in [1.29, 1.82) is 0 Å². The summed E-state index contributed by atoms with van der Waals surface area (Å²) in [5, 5.41) is 17.6. The molecule has 2 N–H and O–H groups in total. The lowest BCUT2D eigenvalue weighted by molar-refractivity contribution is 0.0138. The standard InChI is InChI=1S/C17H31N3O2/c1-11(2)14(21)17(6,7)10-18-15(22)12-9-20(8)19-13(12)16(3,4)5/h9,11,14,21H,10H2,1-8H3,(H,18,22). The van der Waals surface area contributed by atoms with Crippen molar-refractivity contribution in [2.45, 2.75) is 60.0 Å². The number of aryl methyl sites for hydroxylation is 1. The lowest BCUT2D eigenvalue weighted by Crippen LogP contribution is -2.43. The van der Waals surface area contributed by atoms with Crippen molar-refractivity contribution < 1.29 is 9.90 Å². The van der Waals surface area contributed by atoms with Gasteiger partial charge >= 0.3 is 0 Å². The summed E-state index contributed by atoms with van der Waals surface area (Å²) in [7, 11) is 1.82. The molecule has 0 spiro atoms. The Balaban J connectivity index is 2.87. The van der Waals surface area contributed by atoms with E-state index in [9.17, 15) is 9.90 Å². The van der Waals surface area contributed by atoms with Crippen LogP contribution in [-0.2, 0) is 12.5 Å². The molecule has 1 aromatic heterocycles. The van der Waals surface area contributed by atoms with Gasteiger partial charge in [0.05, 0.1) is 17.4 Å². The predicted octanol–water partition coefficient (Wildman–Crippen LogP) is 2.49. The van der Waals surface area contributed by atoms with Crippen LogP contribution in [0.25, 0.3) is 0 Å². The molecule has 0 fully saturated rings. The monoisotopic (exact) mass is 309 g/mol. The Hall–Kier alpha value is -1.36. The second kappa shape index (κ2) is 6.41. The Labute approximate surface area is 134 Å². The molecule has 1 atom stereocenters. The van der Waals surface area contributed by atoms with Crippen molar-refractivity contribution in [3.63, 3.8) is 0 Å². The number of aliphatic hydroxyl groups excluding tert-OH is 1. The van der Waals surface area contributed by atoms with E-state index in [4.69, 9.17) is 0 Å². The lowest BCUT2D eigenvalue weighted by atomic mass is 9.80. The molecule has 126 valence electrons. The van der Waals surface area contributed by atoms with E-state index in [0.717, 1.165) is 5.69 Å². The Morgan fingerprint density at radius 3 is 2.32 bits per heavy atom. The molecule has 0 aliphatic carbocycles. The number of carbonyl (C=O) groups excluding carboxylic acids is 1. The minimum Gasteiger partial charge on any atom is -0.392 e. The van der Waals surface area contributed by atoms with Crippen molar-refractivity contribution in [3.05, 3.63) is 17.5 Å². The maximum absolute atomic E-state index is 12.5. The summed E-state index contributed by atoms with van der Waals surface area (Å²) in [6.45, 7) is 14.4. The van der Waals surface area contributed by atoms with Gasteiger partial charge < -0.3 is 10.4 Å². The second-order valence-electron chi connectivity index (χ2n) is 8.18. The first-order valence-corrected chi connectivity index (χ1v) is 7.86. The molecule has 1 amide bonds. The number of hydrogen-bond donors (Lipinski definition) is 2. The topological polar surface area (TPSA) is 67.2 Å². The first kappa shape index (κ1) is 18.7. The normalized spacial score (nSPS) is 14.3. The van der Waals surface area contributed by atoms with E-state index in [0.29, 0.717) is 12.1 Å². The van der Waals surface area contributed by atoms with E-state index in [2.05, 4.69) is 10.4 Å². The molecular formula is C17H31N3O2. The number of rotatable bonds is 5. The number of nitrogens with zero attached hydrogens (tertiary/aromatic N) is 2. The highest BCUT2D eigenvalue weighted by Crippen LogP contribution is 2.26. The maximum atomic E-state index is 12.5. The molecule has 0 bridgehead atoms. The van der Waals surface area contributed by atoms with Crippen molar-refractivity contribution in [2.24, 2.45) is 18.4 Å². The second-order valence-corrected chi connectivity index (χ2v) is 8.18. The highest BCUT2D eigenvalue weighted by Gasteiger charge is 2.32. The highest BCUT2D eigenvalue weighted by atomic mass is 16.3. The zero-order chi connectivity index (χ0) is 17.3. The average Bonchev–Trinajstić information content (AvgIpc) is 2.77. The van der Waals surface area contributed by atoms with E-state index in [1.165, 1.54) is 0 Å². The number of carbonyl (C=O) groups is 1. The van der Waals surface area contributed by atoms with Gasteiger partial charge in [-0.2, -0.15) is 5.10 Å². The van der Waals surface area contributed by atoms with Crippen LogP contribution in [0.5, 0.6) is 0 Å². The molecule has 0 radical (unpaired) electrons. The van der Waals surface area contributed by atoms with Gasteiger partial charge in [-0.25, -0.2) is 0 Å². The van der Waals surface area contributed by atoms with Gasteiger partial charge in [0.25, 0.3) is 5.91 Å². The molecule has 0 saturated carbocycles. The number of nitrogens with one attached hydrogen (secondary N) is 1. The Kier molecular flexibility index (Phi) is 5.44. The minimum absolute atomic E-state index is 0.137. The van der Waals surface area contributed by atoms with E-state index in [1.807, 2.05) is 55.5 Å². The molecule has 22 heavy (non-hydrogen) atoms. The van der Waals surface area contributed by atoms with E-state index < -0.39 is 6.10 Å². The fourth-order valence-corrected chi connectivity index (χ4v) is 2.62. The van der Waals surface area contributed by atoms with Crippen LogP contribution in [0.2, 0.25) is 0 Å². The molecule has 1 unspecified atom stereocenters. The molecule has 0 aliphatic heterocycles. The first-order chi connectivity index (χ1) is 9.86. The van der Waals surface area contributed by atoms with Crippen molar-refractivity contribution in [3.8, 4) is 0 Å². The van der Waals surface area contributed by atoms with E-state index >= 15 is 0 Å². The third kappa shape index (κ3) is 4.32. The number of aliphatic hydroxyl groups is 1. The molecule has 0 aliphatic rings. The van der Waals surface area contributed by atoms with Gasteiger partial charge in [0.2, 0.25) is 0 Å². The van der Waals surface area contributed by atoms with Gasteiger partial charge in [-0.3, -0.25) is 9.48 Å². The largest absolute Gasteiger partial charge is 0.392 e. The van der Waals surface area contributed by atoms with Crippen LogP contribution in [-0.4, -0.2) is 33.4 Å². The minimum atomic E-state index is -0.469. The third-order valence-electron chi connectivity index (χ3n) is 3.92. The van der Waals surface area contributed by atoms with Crippen LogP contribution in [0.4, 0.5) is 0 Å². The maximum Gasteiger partial charge on any atom is 0.254 e. The van der Waals surface area contributed by atoms with Gasteiger partial charge in [-0.1, -0.05) is 48.5 Å². The third-order valence-corrected chi connectivity index (χ3v) is 3.92. The quantitative estimate of drug-likeness (QED) is 0.878. The summed E-state index contributed by atoms with van der Waals surface area (Å²) < 4.78 is 1.67. The van der Waals surface area contributed by atoms with Gasteiger partial charge in [0, 0.05) is 30.6 Å². The zero-order valence-corrected chi connectivity index (χ0v) is 15.2. The number of hydrogen-bond acceptors (Lipinski definition) is 3. The average molecular weight is 309 g/mol. The molecule has 0 saturated heterocycles. The summed E-state index contributed by atoms with van der Waals surface area (Å²) in [5.74, 6) is 0.0116. The van der Waals surface area contributed by atoms with Crippen molar-refractivity contribution >= 4 is 5.91 Å². The lowest BCUT2D eigenvalue weighted by Gasteiger charge is -2.33. The molecular weight excluding hydrogens is 278 g/mol. The van der Waals surface area contributed by atoms with Crippen LogP contribution in [0, 0.1) is 11.3 Å². The summed E-state index contributed by atoms with van der Waals surface area (Å²) in [5.41, 5.74) is 0.814. The van der Waals surface area contributed by atoms with Crippen molar-refractivity contribution in [2.75, 3.05) is 6.54 Å². The van der Waals surface area contributed by atoms with Crippen LogP contribution in [0.15, 0.2) is 6.20 Å². The highest BCUT2D eigenvalue weighted by molar-refractivity contribution is 5.95. The van der Waals surface area contributed by atoms with E-state index in [1.54, 1.807) is 10.9 Å². The van der Waals surface area contributed by atoms with Gasteiger partial charge in [0.1, 0.15) is 0 Å². The van der Waals surface area contributed by atoms with Crippen LogP contribution in [0.3, 0.4) is 0 Å². The fourth-order valence-electron chi connectivity index (χ4n) is 2.62. The van der Waals surface area contributed by atoms with Gasteiger partial charge in [-0.15, -0.1) is 0 Å². The van der Waals surface area contributed by atoms with Crippen LogP contribution in [0.1, 0.15) is 64.5 Å². The van der Waals surface area contributed by atoms with Crippen LogP contribution >= 0.6 is 0 Å². The predicted molar refractivity (Wildman–Crippen MR) is 88.9 cm³/mol. The summed E-state index contributed by atoms with van der Waals surface area (Å²) in [6, 6.07) is 0. The molecule has 1 rings (SSSR count). The number of aromatic nitrogens is 2. The Morgan fingerprint density at radius 1 is 1.32 bits per heavy atom. The summed E-state index contributed by atoms with van der Waals surface area (Å²) in [6.07, 6.45) is 1.28. The zero-order valence-electron chi connectivity index (χ0n) is 15.2. The molecule has 1 heterocycles. The van der Waals surface area contributed by atoms with Gasteiger partial charge in [0.15, 0.2) is 0 Å². The van der Waals surface area contributed by atoms with Gasteiger partial charge in [-0.05, 0) is 5.92 Å². The van der Waals surface area contributed by atoms with Crippen LogP contribution < -0.4 is 5.32 Å². The fraction of sp³-hybridized carbons (Fsp3) is 0.765. The Bertz CT molecular complexity index is 524. The summed E-state index contributed by atoms with van der Waals surface area (Å²) in [4.78, 5) is 12.5. The Morgan fingerprint density at radius 2 is 1.86 bits per heavy atom. The smallest absolute Gasteiger partial charge is 0.254 e. The SMILES string of the molecule is CC(C)C(O)C(C)(C)CNC(=O)c1cn(C)nc1C(C)(C)C. The summed E-state index contributed by atoms with van der Waals surface area (Å²) >= 11 is 0. The molecule has 5 heteroatoms. The molecule has 5 nitrogen and oxygen atoms in total. The molecule has 0 aromatic carbocycles. The first-order valence-electron chi connectivity index (χ1n) is 7.86. The van der Waals surface area contributed by atoms with E-state index in [-0.39, 0.29) is 22.7 Å². The number of amides is 1. The molecule has 1 aromatic rings.